The molecule has 1 unspecified atom stereocenters. The molecule has 1 N–H and O–H groups in total. The van der Waals surface area contributed by atoms with Gasteiger partial charge in [0.25, 0.3) is 0 Å². The molecule has 4 heteroatoms. The van der Waals surface area contributed by atoms with Gasteiger partial charge in [-0.1, -0.05) is 18.1 Å². The molecule has 1 atom stereocenters. The third-order valence-electron chi connectivity index (χ3n) is 2.81. The normalized spacial score (nSPS) is 11.3. The summed E-state index contributed by atoms with van der Waals surface area (Å²) in [5, 5.41) is 9.14. The van der Waals surface area contributed by atoms with Crippen molar-refractivity contribution in [2.45, 2.75) is 19.6 Å². The lowest BCUT2D eigenvalue weighted by Gasteiger charge is -2.07. The maximum atomic E-state index is 9.14. The van der Waals surface area contributed by atoms with E-state index >= 15 is 0 Å². The van der Waals surface area contributed by atoms with E-state index in [2.05, 4.69) is 16.8 Å². The van der Waals surface area contributed by atoms with Crippen LogP contribution >= 0.6 is 0 Å². The van der Waals surface area contributed by atoms with Crippen LogP contribution in [0.4, 0.5) is 0 Å². The topological polar surface area (TPSA) is 51.6 Å². The average Bonchev–Trinajstić information content (AvgIpc) is 2.53. The molecule has 4 nitrogen and oxygen atoms in total. The highest BCUT2D eigenvalue weighted by atomic mass is 16.5. The van der Waals surface area contributed by atoms with E-state index in [1.54, 1.807) is 19.2 Å². The minimum absolute atomic E-state index is 0.129. The van der Waals surface area contributed by atoms with E-state index < -0.39 is 0 Å². The van der Waals surface area contributed by atoms with E-state index in [0.29, 0.717) is 12.3 Å². The van der Waals surface area contributed by atoms with Gasteiger partial charge in [-0.15, -0.1) is 0 Å². The van der Waals surface area contributed by atoms with Gasteiger partial charge in [-0.25, -0.2) is 4.98 Å². The van der Waals surface area contributed by atoms with Crippen LogP contribution in [0.1, 0.15) is 18.2 Å². The van der Waals surface area contributed by atoms with Crippen molar-refractivity contribution >= 4 is 0 Å². The van der Waals surface area contributed by atoms with Crippen LogP contribution in [0, 0.1) is 11.8 Å². The molecule has 1 aromatic heterocycles. The summed E-state index contributed by atoms with van der Waals surface area (Å²) < 4.78 is 10.8. The number of nitrogens with zero attached hydrogens (tertiary/aromatic N) is 1. The van der Waals surface area contributed by atoms with Gasteiger partial charge in [-0.05, 0) is 42.7 Å². The monoisotopic (exact) mass is 283 g/mol. The first-order valence-electron chi connectivity index (χ1n) is 6.58. The van der Waals surface area contributed by atoms with Crippen molar-refractivity contribution in [2.24, 2.45) is 0 Å². The van der Waals surface area contributed by atoms with E-state index in [4.69, 9.17) is 14.6 Å². The highest BCUT2D eigenvalue weighted by Crippen LogP contribution is 2.12. The minimum atomic E-state index is -0.206. The Kier molecular flexibility index (Phi) is 5.19. The molecule has 0 saturated heterocycles. The van der Waals surface area contributed by atoms with Gasteiger partial charge in [0.2, 0.25) is 0 Å². The summed E-state index contributed by atoms with van der Waals surface area (Å²) in [4.78, 5) is 3.99. The quantitative estimate of drug-likeness (QED) is 0.877. The number of aromatic hydroxyl groups is 1. The number of methoxy groups -OCH3 is 1. The van der Waals surface area contributed by atoms with Crippen molar-refractivity contribution in [1.82, 2.24) is 4.98 Å². The molecule has 1 aromatic carbocycles. The van der Waals surface area contributed by atoms with Gasteiger partial charge in [-0.2, -0.15) is 0 Å². The summed E-state index contributed by atoms with van der Waals surface area (Å²) in [5.41, 5.74) is 1.67. The molecule has 0 aliphatic carbocycles. The zero-order valence-electron chi connectivity index (χ0n) is 12.0. The first-order chi connectivity index (χ1) is 10.2. The predicted molar refractivity (Wildman–Crippen MR) is 80.0 cm³/mol. The molecule has 0 radical (unpaired) electrons. The molecule has 108 valence electrons. The average molecular weight is 283 g/mol. The smallest absolute Gasteiger partial charge is 0.133 e. The van der Waals surface area contributed by atoms with E-state index in [1.807, 2.05) is 31.2 Å². The number of pyridine rings is 1. The first-order valence-corrected chi connectivity index (χ1v) is 6.58. The Morgan fingerprint density at radius 1 is 1.19 bits per heavy atom. The second kappa shape index (κ2) is 7.32. The molecule has 0 bridgehead atoms. The van der Waals surface area contributed by atoms with Crippen LogP contribution < -0.4 is 4.74 Å². The second-order valence-electron chi connectivity index (χ2n) is 4.47. The van der Waals surface area contributed by atoms with Crippen LogP contribution in [0.3, 0.4) is 0 Å². The standard InChI is InChI=1S/C17H17NO3/c1-13(3-6-15-7-8-16(19)11-18-15)21-12-14-4-9-17(20-2)10-5-14/h4-5,7-11,13,19H,12H2,1-2H3. The number of benzene rings is 1. The second-order valence-corrected chi connectivity index (χ2v) is 4.47. The third-order valence-corrected chi connectivity index (χ3v) is 2.81. The Morgan fingerprint density at radius 2 is 1.95 bits per heavy atom. The number of hydrogen-bond donors (Lipinski definition) is 1. The fourth-order valence-corrected chi connectivity index (χ4v) is 1.62. The number of hydrogen-bond acceptors (Lipinski definition) is 4. The van der Waals surface area contributed by atoms with Crippen molar-refractivity contribution in [2.75, 3.05) is 7.11 Å². The molecule has 0 spiro atoms. The van der Waals surface area contributed by atoms with E-state index in [0.717, 1.165) is 11.3 Å². The van der Waals surface area contributed by atoms with Crippen LogP contribution in [0.5, 0.6) is 11.5 Å². The Bertz CT molecular complexity index is 624. The van der Waals surface area contributed by atoms with Gasteiger partial charge >= 0.3 is 0 Å². The number of ether oxygens (including phenoxy) is 2. The summed E-state index contributed by atoms with van der Waals surface area (Å²) in [7, 11) is 1.64. The molecule has 0 fully saturated rings. The Balaban J connectivity index is 1.87. The fraction of sp³-hybridized carbons (Fsp3) is 0.235. The predicted octanol–water partition coefficient (Wildman–Crippen LogP) is 2.75. The summed E-state index contributed by atoms with van der Waals surface area (Å²) in [6.07, 6.45) is 1.16. The van der Waals surface area contributed by atoms with Gasteiger partial charge in [0, 0.05) is 0 Å². The Labute approximate surface area is 124 Å². The molecule has 1 heterocycles. The third kappa shape index (κ3) is 4.83. The number of rotatable bonds is 4. The molecule has 2 aromatic rings. The van der Waals surface area contributed by atoms with E-state index in [-0.39, 0.29) is 11.9 Å². The molecule has 21 heavy (non-hydrogen) atoms. The van der Waals surface area contributed by atoms with Gasteiger partial charge in [0.15, 0.2) is 0 Å². The zero-order chi connectivity index (χ0) is 15.1. The summed E-state index contributed by atoms with van der Waals surface area (Å²) in [5.74, 6) is 6.83. The van der Waals surface area contributed by atoms with Crippen LogP contribution in [0.2, 0.25) is 0 Å². The molecule has 0 saturated carbocycles. The van der Waals surface area contributed by atoms with E-state index in [9.17, 15) is 0 Å². The summed E-state index contributed by atoms with van der Waals surface area (Å²) >= 11 is 0. The highest BCUT2D eigenvalue weighted by Gasteiger charge is 1.99. The van der Waals surface area contributed by atoms with Crippen molar-refractivity contribution in [1.29, 1.82) is 0 Å². The van der Waals surface area contributed by atoms with Crippen LogP contribution in [-0.2, 0) is 11.3 Å². The number of aromatic nitrogens is 1. The van der Waals surface area contributed by atoms with Crippen molar-refractivity contribution in [3.8, 4) is 23.3 Å². The summed E-state index contributed by atoms with van der Waals surface area (Å²) in [6.45, 7) is 2.37. The largest absolute Gasteiger partial charge is 0.506 e. The van der Waals surface area contributed by atoms with Gasteiger partial charge in [0.05, 0.1) is 19.9 Å². The minimum Gasteiger partial charge on any atom is -0.506 e. The lowest BCUT2D eigenvalue weighted by molar-refractivity contribution is 0.0900. The van der Waals surface area contributed by atoms with E-state index in [1.165, 1.54) is 6.20 Å². The van der Waals surface area contributed by atoms with Gasteiger partial charge < -0.3 is 14.6 Å². The molecule has 0 aliphatic heterocycles. The van der Waals surface area contributed by atoms with Crippen LogP contribution in [0.25, 0.3) is 0 Å². The maximum Gasteiger partial charge on any atom is 0.133 e. The Hall–Kier alpha value is -2.51. The molecular weight excluding hydrogens is 266 g/mol. The zero-order valence-corrected chi connectivity index (χ0v) is 12.0. The highest BCUT2D eigenvalue weighted by molar-refractivity contribution is 5.31. The Morgan fingerprint density at radius 3 is 2.57 bits per heavy atom. The van der Waals surface area contributed by atoms with Crippen LogP contribution in [-0.4, -0.2) is 23.3 Å². The van der Waals surface area contributed by atoms with Gasteiger partial charge in [0.1, 0.15) is 23.3 Å². The van der Waals surface area contributed by atoms with Crippen molar-refractivity contribution in [3.63, 3.8) is 0 Å². The van der Waals surface area contributed by atoms with Gasteiger partial charge in [-0.3, -0.25) is 0 Å². The lowest BCUT2D eigenvalue weighted by atomic mass is 10.2. The van der Waals surface area contributed by atoms with Crippen LogP contribution in [0.15, 0.2) is 42.6 Å². The molecule has 0 aliphatic rings. The SMILES string of the molecule is COc1ccc(COC(C)C#Cc2ccc(O)cn2)cc1. The molecule has 2 rings (SSSR count). The lowest BCUT2D eigenvalue weighted by Crippen LogP contribution is -2.05. The fourth-order valence-electron chi connectivity index (χ4n) is 1.62. The summed E-state index contributed by atoms with van der Waals surface area (Å²) in [6, 6.07) is 10.9. The maximum absolute atomic E-state index is 9.14. The van der Waals surface area contributed by atoms with Crippen molar-refractivity contribution in [3.05, 3.63) is 53.9 Å². The first kappa shape index (κ1) is 14.9. The molecule has 0 amide bonds. The van der Waals surface area contributed by atoms with Crippen molar-refractivity contribution < 1.29 is 14.6 Å². The molecular formula is C17H17NO3.